The quantitative estimate of drug-likeness (QED) is 0.557. The van der Waals surface area contributed by atoms with E-state index >= 15 is 0 Å². The molecule has 0 radical (unpaired) electrons. The van der Waals surface area contributed by atoms with Crippen molar-refractivity contribution in [1.29, 1.82) is 0 Å². The number of hydrogen-bond acceptors (Lipinski definition) is 0. The van der Waals surface area contributed by atoms with Crippen LogP contribution in [0.15, 0.2) is 54.6 Å². The minimum Gasteiger partial charge on any atom is -0.340 e. The predicted octanol–water partition coefficient (Wildman–Crippen LogP) is 5.59. The molecule has 0 amide bonds. The Bertz CT molecular complexity index is 737. The highest BCUT2D eigenvalue weighted by Crippen LogP contribution is 2.29. The largest absolute Gasteiger partial charge is 0.340 e. The number of para-hydroxylation sites is 1. The zero-order valence-electron chi connectivity index (χ0n) is 13.7. The molecule has 22 heavy (non-hydrogen) atoms. The van der Waals surface area contributed by atoms with Gasteiger partial charge in [0, 0.05) is 23.1 Å². The highest BCUT2D eigenvalue weighted by molar-refractivity contribution is 5.85. The van der Waals surface area contributed by atoms with Crippen LogP contribution in [0, 0.1) is 0 Å². The molecule has 0 fully saturated rings. The van der Waals surface area contributed by atoms with Gasteiger partial charge < -0.3 is 4.57 Å². The Kier molecular flexibility index (Phi) is 4.62. The third kappa shape index (κ3) is 2.81. The molecular weight excluding hydrogens is 266 g/mol. The summed E-state index contributed by atoms with van der Waals surface area (Å²) in [5.74, 6) is 0. The van der Waals surface area contributed by atoms with E-state index in [2.05, 4.69) is 73.0 Å². The third-order valence-corrected chi connectivity index (χ3v) is 4.36. The summed E-state index contributed by atoms with van der Waals surface area (Å²) in [6, 6.07) is 19.7. The van der Waals surface area contributed by atoms with E-state index in [1.807, 2.05) is 0 Å². The van der Waals surface area contributed by atoms with E-state index in [9.17, 15) is 0 Å². The summed E-state index contributed by atoms with van der Waals surface area (Å²) in [5, 5.41) is 1.45. The van der Waals surface area contributed by atoms with Crippen molar-refractivity contribution in [1.82, 2.24) is 4.57 Å². The van der Waals surface area contributed by atoms with Crippen molar-refractivity contribution in [2.45, 2.75) is 46.1 Å². The fourth-order valence-electron chi connectivity index (χ4n) is 3.43. The van der Waals surface area contributed by atoms with Crippen LogP contribution < -0.4 is 0 Å². The molecule has 1 heterocycles. The van der Waals surface area contributed by atoms with Crippen LogP contribution in [0.4, 0.5) is 0 Å². The van der Waals surface area contributed by atoms with Crippen molar-refractivity contribution in [3.05, 3.63) is 71.4 Å². The van der Waals surface area contributed by atoms with Crippen LogP contribution in [-0.2, 0) is 19.4 Å². The Hall–Kier alpha value is -2.02. The van der Waals surface area contributed by atoms with Gasteiger partial charge in [-0.25, -0.2) is 0 Å². The molecule has 1 nitrogen and oxygen atoms in total. The summed E-state index contributed by atoms with van der Waals surface area (Å²) < 4.78 is 2.54. The summed E-state index contributed by atoms with van der Waals surface area (Å²) in [5.41, 5.74) is 5.87. The summed E-state index contributed by atoms with van der Waals surface area (Å²) in [4.78, 5) is 0. The van der Waals surface area contributed by atoms with E-state index in [0.29, 0.717) is 0 Å². The number of hydrogen-bond donors (Lipinski definition) is 0. The maximum Gasteiger partial charge on any atom is 0.0488 e. The molecule has 0 aliphatic carbocycles. The number of benzene rings is 2. The second kappa shape index (κ2) is 6.83. The molecule has 0 aliphatic rings. The Labute approximate surface area is 133 Å². The minimum absolute atomic E-state index is 0.973. The molecular formula is C21H25N. The van der Waals surface area contributed by atoms with Gasteiger partial charge in [-0.1, -0.05) is 75.2 Å². The van der Waals surface area contributed by atoms with Crippen LogP contribution in [0.5, 0.6) is 0 Å². The average Bonchev–Trinajstić information content (AvgIpc) is 2.84. The summed E-state index contributed by atoms with van der Waals surface area (Å²) in [6.07, 6.45) is 4.74. The molecule has 1 heteroatoms. The molecule has 3 aromatic rings. The van der Waals surface area contributed by atoms with Crippen LogP contribution >= 0.6 is 0 Å². The molecule has 0 N–H and O–H groups in total. The molecule has 3 rings (SSSR count). The first-order chi connectivity index (χ1) is 10.8. The molecule has 0 bridgehead atoms. The van der Waals surface area contributed by atoms with E-state index in [1.165, 1.54) is 41.4 Å². The lowest BCUT2D eigenvalue weighted by Crippen LogP contribution is -2.05. The summed E-state index contributed by atoms with van der Waals surface area (Å²) in [6.45, 7) is 5.53. The van der Waals surface area contributed by atoms with Crippen LogP contribution in [-0.4, -0.2) is 4.57 Å². The van der Waals surface area contributed by atoms with E-state index < -0.39 is 0 Å². The molecule has 0 aliphatic heterocycles. The molecule has 1 aromatic heterocycles. The molecule has 2 aromatic carbocycles. The van der Waals surface area contributed by atoms with E-state index in [0.717, 1.165) is 13.0 Å². The van der Waals surface area contributed by atoms with E-state index in [-0.39, 0.29) is 0 Å². The fraction of sp³-hybridized carbons (Fsp3) is 0.333. The van der Waals surface area contributed by atoms with Crippen LogP contribution in [0.25, 0.3) is 10.9 Å². The zero-order chi connectivity index (χ0) is 15.4. The van der Waals surface area contributed by atoms with Gasteiger partial charge >= 0.3 is 0 Å². The van der Waals surface area contributed by atoms with Gasteiger partial charge in [-0.05, 0) is 30.0 Å². The van der Waals surface area contributed by atoms with Gasteiger partial charge in [-0.15, -0.1) is 0 Å². The van der Waals surface area contributed by atoms with E-state index in [1.54, 1.807) is 5.56 Å². The second-order valence-corrected chi connectivity index (χ2v) is 6.01. The van der Waals surface area contributed by atoms with Gasteiger partial charge in [0.15, 0.2) is 0 Å². The van der Waals surface area contributed by atoms with Crippen molar-refractivity contribution in [2.24, 2.45) is 0 Å². The van der Waals surface area contributed by atoms with Gasteiger partial charge in [-0.3, -0.25) is 0 Å². The molecule has 0 saturated carbocycles. The van der Waals surface area contributed by atoms with Gasteiger partial charge in [0.1, 0.15) is 0 Å². The molecule has 0 unspecified atom stereocenters. The van der Waals surface area contributed by atoms with Crippen molar-refractivity contribution in [2.75, 3.05) is 0 Å². The second-order valence-electron chi connectivity index (χ2n) is 6.01. The van der Waals surface area contributed by atoms with E-state index in [4.69, 9.17) is 0 Å². The van der Waals surface area contributed by atoms with Gasteiger partial charge in [-0.2, -0.15) is 0 Å². The number of rotatable bonds is 6. The number of aryl methyl sites for hydroxylation is 1. The zero-order valence-corrected chi connectivity index (χ0v) is 13.7. The topological polar surface area (TPSA) is 4.93 Å². The molecule has 0 saturated heterocycles. The smallest absolute Gasteiger partial charge is 0.0488 e. The van der Waals surface area contributed by atoms with Crippen LogP contribution in [0.3, 0.4) is 0 Å². The maximum absolute atomic E-state index is 2.54. The lowest BCUT2D eigenvalue weighted by molar-refractivity contribution is 0.730. The fourth-order valence-corrected chi connectivity index (χ4v) is 3.43. The monoisotopic (exact) mass is 291 g/mol. The van der Waals surface area contributed by atoms with Crippen molar-refractivity contribution < 1.29 is 0 Å². The van der Waals surface area contributed by atoms with Crippen molar-refractivity contribution in [3.63, 3.8) is 0 Å². The van der Waals surface area contributed by atoms with Gasteiger partial charge in [0.2, 0.25) is 0 Å². The molecule has 0 spiro atoms. The summed E-state index contributed by atoms with van der Waals surface area (Å²) >= 11 is 0. The lowest BCUT2D eigenvalue weighted by atomic mass is 10.0. The highest BCUT2D eigenvalue weighted by Gasteiger charge is 2.15. The third-order valence-electron chi connectivity index (χ3n) is 4.36. The first kappa shape index (κ1) is 14.9. The first-order valence-electron chi connectivity index (χ1n) is 8.48. The summed E-state index contributed by atoms with van der Waals surface area (Å²) in [7, 11) is 0. The Balaban J connectivity index is 2.15. The van der Waals surface area contributed by atoms with Crippen molar-refractivity contribution in [3.8, 4) is 0 Å². The normalized spacial score (nSPS) is 11.2. The highest BCUT2D eigenvalue weighted by atomic mass is 15.0. The lowest BCUT2D eigenvalue weighted by Gasteiger charge is -2.12. The molecule has 114 valence electrons. The number of nitrogens with zero attached hydrogens (tertiary/aromatic N) is 1. The number of aromatic nitrogens is 1. The molecule has 0 atom stereocenters. The minimum atomic E-state index is 0.973. The van der Waals surface area contributed by atoms with Crippen LogP contribution in [0.1, 0.15) is 43.5 Å². The van der Waals surface area contributed by atoms with Crippen LogP contribution in [0.2, 0.25) is 0 Å². The predicted molar refractivity (Wildman–Crippen MR) is 95.5 cm³/mol. The average molecular weight is 291 g/mol. The Morgan fingerprint density at radius 2 is 1.45 bits per heavy atom. The Morgan fingerprint density at radius 3 is 2.18 bits per heavy atom. The standard InChI is InChI=1S/C21H25N/c1-3-10-18-19-14-8-9-15-21(19)22(20(18)11-4-2)16-17-12-6-5-7-13-17/h5-9,12-15H,3-4,10-11,16H2,1-2H3. The van der Waals surface area contributed by atoms with Crippen molar-refractivity contribution >= 4 is 10.9 Å². The number of fused-ring (bicyclic) bond motifs is 1. The Morgan fingerprint density at radius 1 is 0.773 bits per heavy atom. The first-order valence-corrected chi connectivity index (χ1v) is 8.48. The van der Waals surface area contributed by atoms with Gasteiger partial charge in [0.25, 0.3) is 0 Å². The SMILES string of the molecule is CCCc1c(CCC)n(Cc2ccccc2)c2ccccc12. The van der Waals surface area contributed by atoms with Gasteiger partial charge in [0.05, 0.1) is 0 Å². The maximum atomic E-state index is 2.54.